The number of hydrogen-bond acceptors (Lipinski definition) is 5. The number of fused-ring (bicyclic) bond motifs is 1. The molecule has 0 aliphatic rings. The molecule has 2 heterocycles. The van der Waals surface area contributed by atoms with E-state index in [0.29, 0.717) is 11.4 Å². The highest BCUT2D eigenvalue weighted by molar-refractivity contribution is 5.75. The largest absolute Gasteiger partial charge is 0.482 e. The van der Waals surface area contributed by atoms with Gasteiger partial charge >= 0.3 is 5.97 Å². The summed E-state index contributed by atoms with van der Waals surface area (Å²) in [7, 11) is 1.32. The van der Waals surface area contributed by atoms with Gasteiger partial charge in [0.2, 0.25) is 0 Å². The number of H-pyrrole nitrogens is 1. The number of carbonyl (C=O) groups excluding carboxylic acids is 1. The first kappa shape index (κ1) is 13.1. The third-order valence-electron chi connectivity index (χ3n) is 2.97. The molecule has 0 aliphatic heterocycles. The van der Waals surface area contributed by atoms with Crippen LogP contribution in [0.3, 0.4) is 0 Å². The molecule has 0 saturated heterocycles. The Morgan fingerprint density at radius 1 is 1.24 bits per heavy atom. The van der Waals surface area contributed by atoms with Crippen molar-refractivity contribution >= 4 is 17.1 Å². The molecular formula is C15H13N3O3. The van der Waals surface area contributed by atoms with Gasteiger partial charge in [0.25, 0.3) is 0 Å². The number of imidazole rings is 1. The second-order valence-electron chi connectivity index (χ2n) is 4.35. The summed E-state index contributed by atoms with van der Waals surface area (Å²) < 4.78 is 9.80. The molecule has 1 aromatic carbocycles. The van der Waals surface area contributed by atoms with E-state index in [-0.39, 0.29) is 6.61 Å². The van der Waals surface area contributed by atoms with Crippen molar-refractivity contribution in [3.63, 3.8) is 0 Å². The van der Waals surface area contributed by atoms with Crippen molar-refractivity contribution in [2.45, 2.75) is 0 Å². The van der Waals surface area contributed by atoms with Crippen LogP contribution in [0.25, 0.3) is 22.6 Å². The van der Waals surface area contributed by atoms with Gasteiger partial charge in [-0.2, -0.15) is 0 Å². The first-order valence-electron chi connectivity index (χ1n) is 6.37. The summed E-state index contributed by atoms with van der Waals surface area (Å²) in [5, 5.41) is 0. The van der Waals surface area contributed by atoms with Gasteiger partial charge in [0.1, 0.15) is 11.6 Å². The van der Waals surface area contributed by atoms with Crippen LogP contribution < -0.4 is 4.74 Å². The summed E-state index contributed by atoms with van der Waals surface area (Å²) in [6.07, 6.45) is 1.71. The Morgan fingerprint density at radius 2 is 2.05 bits per heavy atom. The number of aromatic amines is 1. The molecule has 3 aromatic rings. The van der Waals surface area contributed by atoms with Crippen LogP contribution in [0.2, 0.25) is 0 Å². The molecule has 1 N–H and O–H groups in total. The highest BCUT2D eigenvalue weighted by Crippen LogP contribution is 2.22. The van der Waals surface area contributed by atoms with Gasteiger partial charge in [0.15, 0.2) is 12.3 Å². The van der Waals surface area contributed by atoms with E-state index in [1.165, 1.54) is 7.11 Å². The van der Waals surface area contributed by atoms with E-state index in [2.05, 4.69) is 19.7 Å². The zero-order valence-electron chi connectivity index (χ0n) is 11.4. The van der Waals surface area contributed by atoms with Crippen LogP contribution in [0.5, 0.6) is 5.75 Å². The maximum Gasteiger partial charge on any atom is 0.343 e. The predicted molar refractivity (Wildman–Crippen MR) is 76.8 cm³/mol. The Hall–Kier alpha value is -2.89. The van der Waals surface area contributed by atoms with Crippen LogP contribution in [0.4, 0.5) is 0 Å². The maximum absolute atomic E-state index is 11.0. The average molecular weight is 283 g/mol. The van der Waals surface area contributed by atoms with Crippen molar-refractivity contribution < 1.29 is 14.3 Å². The number of hydrogen-bond donors (Lipinski definition) is 1. The van der Waals surface area contributed by atoms with E-state index in [1.54, 1.807) is 18.3 Å². The van der Waals surface area contributed by atoms with Crippen molar-refractivity contribution in [3.05, 3.63) is 42.6 Å². The number of benzene rings is 1. The van der Waals surface area contributed by atoms with Gasteiger partial charge < -0.3 is 14.5 Å². The number of pyridine rings is 1. The van der Waals surface area contributed by atoms with Crippen molar-refractivity contribution in [3.8, 4) is 17.1 Å². The van der Waals surface area contributed by atoms with Gasteiger partial charge in [0, 0.05) is 11.8 Å². The molecule has 0 spiro atoms. The SMILES string of the molecule is COC(=O)COc1ccc(-c2nc3ncccc3[nH]2)cc1. The molecule has 106 valence electrons. The molecule has 0 bridgehead atoms. The fraction of sp³-hybridized carbons (Fsp3) is 0.133. The second-order valence-corrected chi connectivity index (χ2v) is 4.35. The number of aromatic nitrogens is 3. The topological polar surface area (TPSA) is 77.1 Å². The molecule has 3 rings (SSSR count). The Balaban J connectivity index is 1.78. The second kappa shape index (κ2) is 5.62. The minimum absolute atomic E-state index is 0.107. The summed E-state index contributed by atoms with van der Waals surface area (Å²) in [6.45, 7) is -0.107. The first-order chi connectivity index (χ1) is 10.3. The molecule has 0 radical (unpaired) electrons. The molecule has 21 heavy (non-hydrogen) atoms. The fourth-order valence-corrected chi connectivity index (χ4v) is 1.89. The van der Waals surface area contributed by atoms with Crippen LogP contribution >= 0.6 is 0 Å². The van der Waals surface area contributed by atoms with E-state index in [9.17, 15) is 4.79 Å². The highest BCUT2D eigenvalue weighted by Gasteiger charge is 2.06. The molecule has 0 unspecified atom stereocenters. The van der Waals surface area contributed by atoms with Gasteiger partial charge in [-0.25, -0.2) is 14.8 Å². The molecule has 6 nitrogen and oxygen atoms in total. The normalized spacial score (nSPS) is 10.5. The predicted octanol–water partition coefficient (Wildman–Crippen LogP) is 2.18. The summed E-state index contributed by atoms with van der Waals surface area (Å²) in [4.78, 5) is 22.8. The maximum atomic E-state index is 11.0. The lowest BCUT2D eigenvalue weighted by Gasteiger charge is -2.05. The molecule has 0 amide bonds. The Kier molecular flexibility index (Phi) is 3.51. The summed E-state index contributed by atoms with van der Waals surface area (Å²) >= 11 is 0. The van der Waals surface area contributed by atoms with Gasteiger partial charge in [-0.15, -0.1) is 0 Å². The smallest absolute Gasteiger partial charge is 0.343 e. The fourth-order valence-electron chi connectivity index (χ4n) is 1.89. The van der Waals surface area contributed by atoms with Gasteiger partial charge in [-0.1, -0.05) is 0 Å². The minimum Gasteiger partial charge on any atom is -0.482 e. The molecule has 0 aliphatic carbocycles. The van der Waals surface area contributed by atoms with Crippen molar-refractivity contribution in [1.29, 1.82) is 0 Å². The number of rotatable bonds is 4. The van der Waals surface area contributed by atoms with E-state index >= 15 is 0 Å². The number of methoxy groups -OCH3 is 1. The molecule has 6 heteroatoms. The summed E-state index contributed by atoms with van der Waals surface area (Å²) in [6, 6.07) is 11.1. The van der Waals surface area contributed by atoms with E-state index < -0.39 is 5.97 Å². The van der Waals surface area contributed by atoms with Gasteiger partial charge in [0.05, 0.1) is 12.6 Å². The van der Waals surface area contributed by atoms with Crippen molar-refractivity contribution in [1.82, 2.24) is 15.0 Å². The van der Waals surface area contributed by atoms with Crippen LogP contribution in [-0.2, 0) is 9.53 Å². The molecule has 0 saturated carbocycles. The molecule has 0 atom stereocenters. The number of ether oxygens (including phenoxy) is 2. The third kappa shape index (κ3) is 2.84. The standard InChI is InChI=1S/C15H13N3O3/c1-20-13(19)9-21-11-6-4-10(5-7-11)14-17-12-3-2-8-16-15(12)18-14/h2-8H,9H2,1H3,(H,16,17,18). The number of carbonyl (C=O) groups is 1. The quantitative estimate of drug-likeness (QED) is 0.742. The third-order valence-corrected chi connectivity index (χ3v) is 2.97. The van der Waals surface area contributed by atoms with E-state index in [1.807, 2.05) is 24.3 Å². The Morgan fingerprint density at radius 3 is 2.76 bits per heavy atom. The lowest BCUT2D eigenvalue weighted by atomic mass is 10.2. The average Bonchev–Trinajstić information content (AvgIpc) is 2.97. The zero-order valence-corrected chi connectivity index (χ0v) is 11.4. The van der Waals surface area contributed by atoms with Gasteiger partial charge in [-0.3, -0.25) is 0 Å². The van der Waals surface area contributed by atoms with Crippen molar-refractivity contribution in [2.75, 3.05) is 13.7 Å². The van der Waals surface area contributed by atoms with Crippen LogP contribution in [0, 0.1) is 0 Å². The van der Waals surface area contributed by atoms with Crippen LogP contribution in [-0.4, -0.2) is 34.6 Å². The molecule has 0 fully saturated rings. The van der Waals surface area contributed by atoms with Crippen LogP contribution in [0.1, 0.15) is 0 Å². The lowest BCUT2D eigenvalue weighted by Crippen LogP contribution is -2.12. The monoisotopic (exact) mass is 283 g/mol. The highest BCUT2D eigenvalue weighted by atomic mass is 16.6. The minimum atomic E-state index is -0.414. The Labute approximate surface area is 120 Å². The van der Waals surface area contributed by atoms with Crippen LogP contribution in [0.15, 0.2) is 42.6 Å². The summed E-state index contributed by atoms with van der Waals surface area (Å²) in [5.74, 6) is 0.920. The van der Waals surface area contributed by atoms with Gasteiger partial charge in [-0.05, 0) is 36.4 Å². The first-order valence-corrected chi connectivity index (χ1v) is 6.37. The Bertz CT molecular complexity index is 732. The zero-order chi connectivity index (χ0) is 14.7. The number of esters is 1. The lowest BCUT2D eigenvalue weighted by molar-refractivity contribution is -0.142. The molecular weight excluding hydrogens is 270 g/mol. The van der Waals surface area contributed by atoms with E-state index in [0.717, 1.165) is 16.9 Å². The molecule has 2 aromatic heterocycles. The number of nitrogens with one attached hydrogen (secondary N) is 1. The number of nitrogens with zero attached hydrogens (tertiary/aromatic N) is 2. The summed E-state index contributed by atoms with van der Waals surface area (Å²) in [5.41, 5.74) is 2.48. The van der Waals surface area contributed by atoms with E-state index in [4.69, 9.17) is 4.74 Å². The van der Waals surface area contributed by atoms with Crippen molar-refractivity contribution in [2.24, 2.45) is 0 Å².